The lowest BCUT2D eigenvalue weighted by atomic mass is 9.83. The van der Waals surface area contributed by atoms with Crippen molar-refractivity contribution in [3.8, 4) is 0 Å². The summed E-state index contributed by atoms with van der Waals surface area (Å²) in [4.78, 5) is 4.73. The molecule has 0 radical (unpaired) electrons. The van der Waals surface area contributed by atoms with Gasteiger partial charge in [0.25, 0.3) is 0 Å². The summed E-state index contributed by atoms with van der Waals surface area (Å²) < 4.78 is 29.7. The van der Waals surface area contributed by atoms with Gasteiger partial charge in [0.05, 0.1) is 12.1 Å². The molecule has 1 aromatic heterocycles. The lowest BCUT2D eigenvalue weighted by Gasteiger charge is -2.38. The molecule has 0 N–H and O–H groups in total. The summed E-state index contributed by atoms with van der Waals surface area (Å²) in [5, 5.41) is 0. The van der Waals surface area contributed by atoms with Crippen LogP contribution < -0.4 is 12.4 Å². The van der Waals surface area contributed by atoms with E-state index in [-0.39, 0.29) is 36.1 Å². The third kappa shape index (κ3) is 3.59. The number of halogens is 3. The average Bonchev–Trinajstić information content (AvgIpc) is 3.02. The Morgan fingerprint density at radius 2 is 1.00 bits per heavy atom. The number of fused-ring (bicyclic) bond motifs is 3. The van der Waals surface area contributed by atoms with Gasteiger partial charge in [0, 0.05) is 55.5 Å². The third-order valence-electron chi connectivity index (χ3n) is 6.92. The highest BCUT2D eigenvalue weighted by Gasteiger charge is 2.39. The van der Waals surface area contributed by atoms with Crippen LogP contribution in [0.1, 0.15) is 45.7 Å². The Bertz CT molecular complexity index is 991. The van der Waals surface area contributed by atoms with E-state index < -0.39 is 0 Å². The summed E-state index contributed by atoms with van der Waals surface area (Å²) in [7, 11) is 6.48. The molecule has 2 unspecified atom stereocenters. The van der Waals surface area contributed by atoms with E-state index >= 15 is 0 Å². The van der Waals surface area contributed by atoms with Crippen molar-refractivity contribution in [2.75, 3.05) is 27.2 Å². The van der Waals surface area contributed by atoms with Gasteiger partial charge in [0.15, 0.2) is 0 Å². The van der Waals surface area contributed by atoms with Crippen LogP contribution in [-0.2, 0) is 19.9 Å². The molecule has 2 aliphatic rings. The number of aromatic nitrogens is 1. The van der Waals surface area contributed by atoms with E-state index in [4.69, 9.17) is 0 Å². The van der Waals surface area contributed by atoms with Gasteiger partial charge in [-0.1, -0.05) is 24.3 Å². The quantitative estimate of drug-likeness (QED) is 0.595. The maximum atomic E-state index is 13.6. The van der Waals surface area contributed by atoms with E-state index in [9.17, 15) is 8.78 Å². The lowest BCUT2D eigenvalue weighted by molar-refractivity contribution is -0.00000734. The van der Waals surface area contributed by atoms with Crippen LogP contribution >= 0.6 is 0 Å². The van der Waals surface area contributed by atoms with E-state index in [1.807, 2.05) is 24.3 Å². The first-order chi connectivity index (χ1) is 14.5. The van der Waals surface area contributed by atoms with Gasteiger partial charge in [-0.25, -0.2) is 8.78 Å². The Balaban J connectivity index is 0.00000231. The predicted molar refractivity (Wildman–Crippen MR) is 115 cm³/mol. The highest BCUT2D eigenvalue weighted by atomic mass is 35.5. The molecule has 3 heterocycles. The van der Waals surface area contributed by atoms with Crippen molar-refractivity contribution in [1.82, 2.24) is 14.4 Å². The summed E-state index contributed by atoms with van der Waals surface area (Å²) in [5.41, 5.74) is 7.64. The standard InChI is InChI=1S/C25H27F2N3.ClH/c1-28-14-12-20-22(24(28)16-4-8-18(26)9-5-16)23-21(30(20)3)13-15-29(2)25(23)17-6-10-19(27)11-7-17;/h4-11,24-25H,12-15H2,1-3H3;1H/p-1. The SMILES string of the molecule is CN1CCc2c(c3c(n2C)CCN(C)C3c2ccc(F)cc2)C1c1ccc(F)cc1.[Cl-]. The summed E-state index contributed by atoms with van der Waals surface area (Å²) in [6.07, 6.45) is 1.99. The molecule has 5 rings (SSSR count). The fourth-order valence-corrected chi connectivity index (χ4v) is 5.45. The fraction of sp³-hybridized carbons (Fsp3) is 0.360. The second kappa shape index (κ2) is 8.38. The predicted octanol–water partition coefficient (Wildman–Crippen LogP) is 1.46. The number of rotatable bonds is 2. The Kier molecular flexibility index (Phi) is 5.95. The summed E-state index contributed by atoms with van der Waals surface area (Å²) in [6.45, 7) is 1.92. The number of benzene rings is 2. The van der Waals surface area contributed by atoms with Crippen LogP contribution in [0.15, 0.2) is 48.5 Å². The zero-order valence-corrected chi connectivity index (χ0v) is 18.8. The number of likely N-dealkylation sites (N-methyl/N-ethyl adjacent to an activating group) is 2. The molecule has 0 spiro atoms. The molecule has 3 aromatic rings. The minimum Gasteiger partial charge on any atom is -1.00 e. The molecule has 164 valence electrons. The first-order valence-electron chi connectivity index (χ1n) is 10.6. The molecule has 0 fully saturated rings. The molecule has 3 nitrogen and oxygen atoms in total. The smallest absolute Gasteiger partial charge is 0.123 e. The van der Waals surface area contributed by atoms with E-state index in [2.05, 4.69) is 35.5 Å². The summed E-state index contributed by atoms with van der Waals surface area (Å²) >= 11 is 0. The van der Waals surface area contributed by atoms with Gasteiger partial charge in [-0.3, -0.25) is 9.80 Å². The van der Waals surface area contributed by atoms with Crippen LogP contribution in [-0.4, -0.2) is 41.6 Å². The Morgan fingerprint density at radius 1 is 0.645 bits per heavy atom. The van der Waals surface area contributed by atoms with Crippen LogP contribution in [0, 0.1) is 11.6 Å². The fourth-order valence-electron chi connectivity index (χ4n) is 5.45. The monoisotopic (exact) mass is 442 g/mol. The van der Waals surface area contributed by atoms with Crippen molar-refractivity contribution >= 4 is 0 Å². The van der Waals surface area contributed by atoms with Crippen molar-refractivity contribution in [3.63, 3.8) is 0 Å². The van der Waals surface area contributed by atoms with Crippen LogP contribution in [0.25, 0.3) is 0 Å². The third-order valence-corrected chi connectivity index (χ3v) is 6.92. The van der Waals surface area contributed by atoms with Crippen molar-refractivity contribution < 1.29 is 21.2 Å². The van der Waals surface area contributed by atoms with Gasteiger partial charge in [-0.05, 0) is 49.5 Å². The Hall–Kier alpha value is -2.21. The zero-order valence-electron chi connectivity index (χ0n) is 18.1. The molecule has 0 amide bonds. The molecular formula is C25H27ClF2N3-. The lowest BCUT2D eigenvalue weighted by Crippen LogP contribution is -3.00. The van der Waals surface area contributed by atoms with Gasteiger partial charge in [-0.2, -0.15) is 0 Å². The summed E-state index contributed by atoms with van der Waals surface area (Å²) in [5.74, 6) is -0.423. The molecule has 0 saturated heterocycles. The number of nitrogens with zero attached hydrogens (tertiary/aromatic N) is 3. The molecule has 2 atom stereocenters. The Morgan fingerprint density at radius 3 is 1.35 bits per heavy atom. The summed E-state index contributed by atoms with van der Waals surface area (Å²) in [6, 6.07) is 14.0. The molecule has 0 aliphatic carbocycles. The van der Waals surface area contributed by atoms with Gasteiger partial charge in [-0.15, -0.1) is 0 Å². The van der Waals surface area contributed by atoms with Crippen LogP contribution in [0.4, 0.5) is 8.78 Å². The molecule has 2 aromatic carbocycles. The van der Waals surface area contributed by atoms with Crippen LogP contribution in [0.5, 0.6) is 0 Å². The van der Waals surface area contributed by atoms with Crippen molar-refractivity contribution in [3.05, 3.63) is 93.8 Å². The molecule has 0 saturated carbocycles. The molecule has 0 bridgehead atoms. The van der Waals surface area contributed by atoms with E-state index in [0.29, 0.717) is 0 Å². The van der Waals surface area contributed by atoms with Gasteiger partial charge >= 0.3 is 0 Å². The molecule has 31 heavy (non-hydrogen) atoms. The highest BCUT2D eigenvalue weighted by molar-refractivity contribution is 5.52. The second-order valence-corrected chi connectivity index (χ2v) is 8.65. The van der Waals surface area contributed by atoms with Gasteiger partial charge in [0.2, 0.25) is 0 Å². The number of hydrogen-bond donors (Lipinski definition) is 0. The van der Waals surface area contributed by atoms with Crippen LogP contribution in [0.2, 0.25) is 0 Å². The van der Waals surface area contributed by atoms with Crippen molar-refractivity contribution in [2.24, 2.45) is 7.05 Å². The average molecular weight is 443 g/mol. The molecule has 6 heteroatoms. The molecule has 2 aliphatic heterocycles. The van der Waals surface area contributed by atoms with Crippen molar-refractivity contribution in [2.45, 2.75) is 24.9 Å². The maximum Gasteiger partial charge on any atom is 0.123 e. The van der Waals surface area contributed by atoms with Crippen molar-refractivity contribution in [1.29, 1.82) is 0 Å². The first kappa shape index (κ1) is 22.0. The van der Waals surface area contributed by atoms with Crippen LogP contribution in [0.3, 0.4) is 0 Å². The topological polar surface area (TPSA) is 11.4 Å². The zero-order chi connectivity index (χ0) is 21.0. The van der Waals surface area contributed by atoms with Gasteiger partial charge in [0.1, 0.15) is 11.6 Å². The van der Waals surface area contributed by atoms with Gasteiger partial charge < -0.3 is 17.0 Å². The first-order valence-corrected chi connectivity index (χ1v) is 10.6. The molecular weight excluding hydrogens is 416 g/mol. The maximum absolute atomic E-state index is 13.6. The van der Waals surface area contributed by atoms with E-state index in [1.54, 1.807) is 24.3 Å². The minimum absolute atomic E-state index is 0. The normalized spacial score (nSPS) is 21.3. The van der Waals surface area contributed by atoms with E-state index in [1.165, 1.54) is 22.5 Å². The largest absolute Gasteiger partial charge is 1.00 e. The Labute approximate surface area is 188 Å². The number of hydrogen-bond acceptors (Lipinski definition) is 2. The minimum atomic E-state index is -0.212. The highest BCUT2D eigenvalue weighted by Crippen LogP contribution is 2.46. The second-order valence-electron chi connectivity index (χ2n) is 8.65. The van der Waals surface area contributed by atoms with E-state index in [0.717, 1.165) is 37.1 Å².